The zero-order chi connectivity index (χ0) is 14.2. The van der Waals surface area contributed by atoms with Crippen molar-refractivity contribution in [2.24, 2.45) is 17.8 Å². The molecule has 106 valence electrons. The number of carbonyl (C=O) groups excluding carboxylic acids is 1. The molecule has 0 unspecified atom stereocenters. The number of aromatic nitrogens is 1. The molecule has 1 amide bonds. The number of fused-ring (bicyclic) bond motifs is 2. The number of nitrogens with zero attached hydrogens (tertiary/aromatic N) is 3. The van der Waals surface area contributed by atoms with E-state index in [2.05, 4.69) is 42.2 Å². The lowest BCUT2D eigenvalue weighted by molar-refractivity contribution is 0.0458. The zero-order valence-electron chi connectivity index (χ0n) is 10.8. The van der Waals surface area contributed by atoms with Crippen LogP contribution >= 0.6 is 31.9 Å². The Bertz CT molecular complexity index is 682. The largest absolute Gasteiger partial charge is 0.370 e. The number of carbonyl (C=O) groups is 1. The van der Waals surface area contributed by atoms with Crippen LogP contribution in [0, 0.1) is 0 Å². The van der Waals surface area contributed by atoms with Gasteiger partial charge >= 0.3 is 0 Å². The molecule has 0 radical (unpaired) electrons. The number of amides is 1. The van der Waals surface area contributed by atoms with Gasteiger partial charge in [-0.3, -0.25) is 4.79 Å². The van der Waals surface area contributed by atoms with Crippen molar-refractivity contribution in [3.63, 3.8) is 0 Å². The Hall–Kier alpha value is -1.02. The van der Waals surface area contributed by atoms with E-state index in [9.17, 15) is 4.79 Å². The molecule has 0 bridgehead atoms. The Labute approximate surface area is 132 Å². The van der Waals surface area contributed by atoms with Crippen LogP contribution < -0.4 is 11.1 Å². The van der Waals surface area contributed by atoms with Gasteiger partial charge in [-0.15, -0.1) is 0 Å². The minimum atomic E-state index is -0.475. The molecule has 3 N–H and O–H groups in total. The van der Waals surface area contributed by atoms with Crippen molar-refractivity contribution < 1.29 is 4.79 Å². The van der Waals surface area contributed by atoms with Crippen molar-refractivity contribution in [1.29, 1.82) is 0 Å². The third-order valence-electron chi connectivity index (χ3n) is 4.51. The minimum absolute atomic E-state index is 0.0417. The molecule has 1 spiro atoms. The molecule has 1 aromatic heterocycles. The summed E-state index contributed by atoms with van der Waals surface area (Å²) in [5.41, 5.74) is 7.05. The molecule has 0 aromatic carbocycles. The first kappa shape index (κ1) is 12.7. The molecular formula is C12H13Br2N5O. The van der Waals surface area contributed by atoms with Gasteiger partial charge in [-0.1, -0.05) is 0 Å². The molecule has 0 aliphatic carbocycles. The number of hydrogen-bond donors (Lipinski definition) is 2. The molecule has 0 saturated carbocycles. The predicted molar refractivity (Wildman–Crippen MR) is 81.3 cm³/mol. The van der Waals surface area contributed by atoms with Gasteiger partial charge < -0.3 is 20.5 Å². The van der Waals surface area contributed by atoms with Crippen molar-refractivity contribution in [2.75, 3.05) is 6.54 Å². The highest BCUT2D eigenvalue weighted by Crippen LogP contribution is 2.52. The molecule has 4 rings (SSSR count). The van der Waals surface area contributed by atoms with Crippen molar-refractivity contribution >= 4 is 43.7 Å². The molecule has 8 heteroatoms. The summed E-state index contributed by atoms with van der Waals surface area (Å²) >= 11 is 7.11. The predicted octanol–water partition coefficient (Wildman–Crippen LogP) is 1.46. The van der Waals surface area contributed by atoms with E-state index >= 15 is 0 Å². The number of rotatable bonds is 0. The van der Waals surface area contributed by atoms with Gasteiger partial charge in [0.25, 0.3) is 5.91 Å². The lowest BCUT2D eigenvalue weighted by Crippen LogP contribution is -2.62. The van der Waals surface area contributed by atoms with Gasteiger partial charge in [0, 0.05) is 19.2 Å². The summed E-state index contributed by atoms with van der Waals surface area (Å²) in [6.45, 7) is 0.741. The van der Waals surface area contributed by atoms with Gasteiger partial charge in [-0.05, 0) is 44.7 Å². The van der Waals surface area contributed by atoms with Gasteiger partial charge in [-0.2, -0.15) is 0 Å². The van der Waals surface area contributed by atoms with Crippen LogP contribution in [0.4, 0.5) is 0 Å². The van der Waals surface area contributed by atoms with Crippen LogP contribution in [0.2, 0.25) is 0 Å². The minimum Gasteiger partial charge on any atom is -0.370 e. The second-order valence-corrected chi connectivity index (χ2v) is 7.00. The molecule has 1 fully saturated rings. The fourth-order valence-corrected chi connectivity index (χ4v) is 4.75. The summed E-state index contributed by atoms with van der Waals surface area (Å²) < 4.78 is 3.61. The summed E-state index contributed by atoms with van der Waals surface area (Å²) in [5.74, 6) is 0.453. The van der Waals surface area contributed by atoms with Gasteiger partial charge in [0.05, 0.1) is 9.08 Å². The second-order valence-electron chi connectivity index (χ2n) is 5.45. The summed E-state index contributed by atoms with van der Waals surface area (Å²) in [5, 5.41) is 3.25. The Morgan fingerprint density at radius 2 is 2.25 bits per heavy atom. The quantitative estimate of drug-likeness (QED) is 0.689. The standard InChI is InChI=1S/C12H13Br2N5O/c1-18-7-5(6(13)9(18)14)8-12(17-11(15)16-8)3-2-4-19(12)10(7)20/h8H,2-4H2,1H3,(H3,15,16,17)/t8-,12+/m0/s1. The van der Waals surface area contributed by atoms with E-state index < -0.39 is 5.66 Å². The number of hydrogen-bond acceptors (Lipinski definition) is 4. The van der Waals surface area contributed by atoms with E-state index in [1.807, 2.05) is 16.5 Å². The van der Waals surface area contributed by atoms with E-state index in [0.29, 0.717) is 11.7 Å². The molecule has 6 nitrogen and oxygen atoms in total. The number of halogens is 2. The number of guanidine groups is 1. The first-order valence-electron chi connectivity index (χ1n) is 6.44. The molecule has 1 aromatic rings. The van der Waals surface area contributed by atoms with Crippen LogP contribution in [-0.2, 0) is 7.05 Å². The van der Waals surface area contributed by atoms with Crippen LogP contribution in [0.15, 0.2) is 14.1 Å². The SMILES string of the molecule is Cn1c(Br)c(Br)c2c1C(=O)N1CCC[C@@]13NC(N)=N[C@@H]23. The maximum atomic E-state index is 12.9. The van der Waals surface area contributed by atoms with Crippen LogP contribution in [0.3, 0.4) is 0 Å². The molecule has 4 heterocycles. The summed E-state index contributed by atoms with van der Waals surface area (Å²) in [6, 6.07) is -0.149. The van der Waals surface area contributed by atoms with Crippen molar-refractivity contribution in [1.82, 2.24) is 14.8 Å². The Morgan fingerprint density at radius 3 is 3.00 bits per heavy atom. The molecule has 3 aliphatic rings. The lowest BCUT2D eigenvalue weighted by Gasteiger charge is -2.42. The van der Waals surface area contributed by atoms with Crippen molar-refractivity contribution in [3.8, 4) is 0 Å². The molecular weight excluding hydrogens is 390 g/mol. The van der Waals surface area contributed by atoms with Crippen LogP contribution in [0.1, 0.15) is 34.9 Å². The van der Waals surface area contributed by atoms with E-state index in [4.69, 9.17) is 5.73 Å². The van der Waals surface area contributed by atoms with E-state index in [-0.39, 0.29) is 11.9 Å². The van der Waals surface area contributed by atoms with E-state index in [1.165, 1.54) is 0 Å². The van der Waals surface area contributed by atoms with Gasteiger partial charge in [0.2, 0.25) is 0 Å². The molecule has 3 aliphatic heterocycles. The normalized spacial score (nSPS) is 30.8. The third-order valence-corrected chi connectivity index (χ3v) is 6.77. The number of aliphatic imine (C=N–C) groups is 1. The van der Waals surface area contributed by atoms with Gasteiger partial charge in [0.1, 0.15) is 17.4 Å². The topological polar surface area (TPSA) is 75.7 Å². The van der Waals surface area contributed by atoms with Crippen molar-refractivity contribution in [2.45, 2.75) is 24.5 Å². The second kappa shape index (κ2) is 3.79. The van der Waals surface area contributed by atoms with E-state index in [1.54, 1.807) is 0 Å². The summed E-state index contributed by atoms with van der Waals surface area (Å²) in [7, 11) is 1.88. The average Bonchev–Trinajstić information content (AvgIpc) is 3.02. The maximum Gasteiger partial charge on any atom is 0.272 e. The summed E-state index contributed by atoms with van der Waals surface area (Å²) in [4.78, 5) is 19.3. The zero-order valence-corrected chi connectivity index (χ0v) is 14.0. The van der Waals surface area contributed by atoms with Crippen LogP contribution in [-0.4, -0.2) is 33.5 Å². The Balaban J connectivity index is 2.04. The van der Waals surface area contributed by atoms with Crippen LogP contribution in [0.25, 0.3) is 0 Å². The molecule has 20 heavy (non-hydrogen) atoms. The van der Waals surface area contributed by atoms with Gasteiger partial charge in [-0.25, -0.2) is 4.99 Å². The Kier molecular flexibility index (Phi) is 2.41. The number of nitrogens with one attached hydrogen (secondary N) is 1. The first-order chi connectivity index (χ1) is 9.47. The fraction of sp³-hybridized carbons (Fsp3) is 0.500. The van der Waals surface area contributed by atoms with Crippen LogP contribution in [0.5, 0.6) is 0 Å². The smallest absolute Gasteiger partial charge is 0.272 e. The molecule has 1 saturated heterocycles. The summed E-state index contributed by atoms with van der Waals surface area (Å²) in [6.07, 6.45) is 1.83. The highest BCUT2D eigenvalue weighted by molar-refractivity contribution is 9.13. The third kappa shape index (κ3) is 1.25. The molecule has 2 atom stereocenters. The maximum absolute atomic E-state index is 12.9. The first-order valence-corrected chi connectivity index (χ1v) is 8.03. The van der Waals surface area contributed by atoms with E-state index in [0.717, 1.165) is 34.0 Å². The lowest BCUT2D eigenvalue weighted by atomic mass is 9.88. The highest BCUT2D eigenvalue weighted by atomic mass is 79.9. The van der Waals surface area contributed by atoms with Crippen molar-refractivity contribution in [3.05, 3.63) is 20.3 Å². The average molecular weight is 403 g/mol. The number of nitrogens with two attached hydrogens (primary N) is 1. The Morgan fingerprint density at radius 1 is 1.50 bits per heavy atom. The van der Waals surface area contributed by atoms with Gasteiger partial charge in [0.15, 0.2) is 5.96 Å². The monoisotopic (exact) mass is 401 g/mol. The highest BCUT2D eigenvalue weighted by Gasteiger charge is 2.59. The fourth-order valence-electron chi connectivity index (χ4n) is 3.69.